The minimum absolute atomic E-state index is 0.0685. The van der Waals surface area contributed by atoms with Crippen molar-refractivity contribution in [3.8, 4) is 28.5 Å². The van der Waals surface area contributed by atoms with Gasteiger partial charge in [-0.25, -0.2) is 15.0 Å². The molecule has 0 spiro atoms. The van der Waals surface area contributed by atoms with Gasteiger partial charge in [0, 0.05) is 70.0 Å². The molecule has 0 aliphatic heterocycles. The van der Waals surface area contributed by atoms with Crippen molar-refractivity contribution in [2.75, 3.05) is 0 Å². The summed E-state index contributed by atoms with van der Waals surface area (Å²) in [6.07, 6.45) is 6.63. The largest absolute Gasteiger partial charge is 0.333 e. The van der Waals surface area contributed by atoms with Crippen LogP contribution in [-0.2, 0) is 0 Å². The van der Waals surface area contributed by atoms with Crippen LogP contribution in [0.4, 0.5) is 0 Å². The molecule has 57 heavy (non-hydrogen) atoms. The maximum absolute atomic E-state index is 5.22. The fourth-order valence-corrected chi connectivity index (χ4v) is 10.4. The smallest absolute Gasteiger partial charge is 0.163 e. The highest BCUT2D eigenvalue weighted by atomic mass is 32.1. The van der Waals surface area contributed by atoms with Gasteiger partial charge in [-0.3, -0.25) is 0 Å². The lowest BCUT2D eigenvalue weighted by Crippen LogP contribution is -2.15. The first-order valence-corrected chi connectivity index (χ1v) is 20.5. The molecular weight excluding hydrogens is 715 g/mol. The molecule has 11 aromatic rings. The maximum Gasteiger partial charge on any atom is 0.163 e. The summed E-state index contributed by atoms with van der Waals surface area (Å²) in [5, 5.41) is 7.67. The summed E-state index contributed by atoms with van der Waals surface area (Å²) >= 11 is 1.82. The Bertz CT molecular complexity index is 3370. The van der Waals surface area contributed by atoms with Crippen LogP contribution in [-0.4, -0.2) is 24.1 Å². The lowest BCUT2D eigenvalue weighted by atomic mass is 9.91. The number of hydrogen-bond donors (Lipinski definition) is 0. The number of para-hydroxylation sites is 3. The minimum Gasteiger partial charge on any atom is -0.333 e. The van der Waals surface area contributed by atoms with E-state index in [1.165, 1.54) is 69.5 Å². The van der Waals surface area contributed by atoms with Gasteiger partial charge in [0.1, 0.15) is 5.82 Å². The molecule has 2 unspecified atom stereocenters. The summed E-state index contributed by atoms with van der Waals surface area (Å²) in [7, 11) is 0. The van der Waals surface area contributed by atoms with Crippen LogP contribution in [0, 0.1) is 0 Å². The summed E-state index contributed by atoms with van der Waals surface area (Å²) in [5.41, 5.74) is 8.16. The van der Waals surface area contributed by atoms with Crippen LogP contribution in [0.5, 0.6) is 0 Å². The van der Waals surface area contributed by atoms with Crippen molar-refractivity contribution < 1.29 is 0 Å². The van der Waals surface area contributed by atoms with E-state index in [-0.39, 0.29) is 12.0 Å². The lowest BCUT2D eigenvalue weighted by Gasteiger charge is -2.25. The normalized spacial score (nSPS) is 15.9. The molecular formula is C51H35N5S. The van der Waals surface area contributed by atoms with Crippen molar-refractivity contribution in [2.24, 2.45) is 0 Å². The van der Waals surface area contributed by atoms with E-state index in [0.29, 0.717) is 11.6 Å². The highest BCUT2D eigenvalue weighted by Gasteiger charge is 2.27. The second-order valence-electron chi connectivity index (χ2n) is 15.1. The number of benzene rings is 7. The molecule has 0 saturated heterocycles. The molecule has 4 aromatic heterocycles. The Balaban J connectivity index is 0.983. The summed E-state index contributed by atoms with van der Waals surface area (Å²) in [6.45, 7) is 0. The Morgan fingerprint density at radius 1 is 0.474 bits per heavy atom. The van der Waals surface area contributed by atoms with Crippen LogP contribution in [0.3, 0.4) is 0 Å². The van der Waals surface area contributed by atoms with Crippen LogP contribution in [0.1, 0.15) is 30.6 Å². The number of rotatable bonds is 5. The SMILES string of the molecule is C1=CC(n2c3ccccc3c3c4c(ccc32)c2ccccc2n4-c2ccccc2)CCC1c1nc(-c2ccccc2)nc(-c2ccc3c(c2)sc2ccccc23)n1. The molecule has 12 rings (SSSR count). The molecule has 0 N–H and O–H groups in total. The van der Waals surface area contributed by atoms with Gasteiger partial charge in [-0.05, 0) is 55.3 Å². The zero-order valence-corrected chi connectivity index (χ0v) is 31.8. The van der Waals surface area contributed by atoms with Gasteiger partial charge in [-0.2, -0.15) is 0 Å². The molecule has 1 aliphatic carbocycles. The Morgan fingerprint density at radius 3 is 1.95 bits per heavy atom. The Morgan fingerprint density at radius 2 is 1.14 bits per heavy atom. The van der Waals surface area contributed by atoms with Gasteiger partial charge < -0.3 is 9.13 Å². The van der Waals surface area contributed by atoms with Crippen molar-refractivity contribution in [2.45, 2.75) is 24.8 Å². The van der Waals surface area contributed by atoms with Gasteiger partial charge in [0.2, 0.25) is 0 Å². The van der Waals surface area contributed by atoms with Crippen LogP contribution in [0.25, 0.3) is 92.2 Å². The van der Waals surface area contributed by atoms with E-state index in [0.717, 1.165) is 29.8 Å². The molecule has 4 heterocycles. The quantitative estimate of drug-likeness (QED) is 0.165. The molecule has 2 atom stereocenters. The monoisotopic (exact) mass is 749 g/mol. The van der Waals surface area contributed by atoms with Crippen LogP contribution in [0.15, 0.2) is 176 Å². The van der Waals surface area contributed by atoms with E-state index < -0.39 is 0 Å². The van der Waals surface area contributed by atoms with E-state index in [1.807, 2.05) is 29.5 Å². The second kappa shape index (κ2) is 12.8. The third-order valence-corrected chi connectivity index (χ3v) is 13.0. The lowest BCUT2D eigenvalue weighted by molar-refractivity contribution is 0.503. The average Bonchev–Trinajstić information content (AvgIpc) is 3.94. The molecule has 0 amide bonds. The minimum atomic E-state index is 0.0685. The topological polar surface area (TPSA) is 48.5 Å². The Labute approximate surface area is 332 Å². The highest BCUT2D eigenvalue weighted by Crippen LogP contribution is 2.44. The molecule has 0 bridgehead atoms. The van der Waals surface area contributed by atoms with E-state index in [4.69, 9.17) is 15.0 Å². The fraction of sp³-hybridized carbons (Fsp3) is 0.0784. The molecule has 0 radical (unpaired) electrons. The average molecular weight is 750 g/mol. The van der Waals surface area contributed by atoms with E-state index >= 15 is 0 Å². The zero-order valence-electron chi connectivity index (χ0n) is 31.0. The number of allylic oxidation sites excluding steroid dienone is 2. The predicted octanol–water partition coefficient (Wildman–Crippen LogP) is 13.5. The van der Waals surface area contributed by atoms with Crippen molar-refractivity contribution in [3.63, 3.8) is 0 Å². The maximum atomic E-state index is 5.22. The molecule has 0 fully saturated rings. The van der Waals surface area contributed by atoms with Crippen molar-refractivity contribution in [3.05, 3.63) is 182 Å². The molecule has 0 saturated carbocycles. The summed E-state index contributed by atoms with van der Waals surface area (Å²) in [4.78, 5) is 15.4. The van der Waals surface area contributed by atoms with Gasteiger partial charge >= 0.3 is 0 Å². The van der Waals surface area contributed by atoms with Gasteiger partial charge in [0.25, 0.3) is 0 Å². The number of hydrogen-bond acceptors (Lipinski definition) is 4. The molecule has 270 valence electrons. The first-order chi connectivity index (χ1) is 28.3. The van der Waals surface area contributed by atoms with Gasteiger partial charge in [-0.1, -0.05) is 133 Å². The van der Waals surface area contributed by atoms with E-state index in [9.17, 15) is 0 Å². The van der Waals surface area contributed by atoms with E-state index in [2.05, 4.69) is 167 Å². The van der Waals surface area contributed by atoms with Gasteiger partial charge in [-0.15, -0.1) is 11.3 Å². The van der Waals surface area contributed by atoms with Crippen LogP contribution >= 0.6 is 11.3 Å². The zero-order chi connectivity index (χ0) is 37.5. The summed E-state index contributed by atoms with van der Waals surface area (Å²) < 4.78 is 7.56. The molecule has 5 nitrogen and oxygen atoms in total. The summed E-state index contributed by atoms with van der Waals surface area (Å²) in [6, 6.07) is 58.9. The Kier molecular flexibility index (Phi) is 7.29. The number of fused-ring (bicyclic) bond motifs is 10. The first kappa shape index (κ1) is 32.4. The molecule has 7 aromatic carbocycles. The highest BCUT2D eigenvalue weighted by molar-refractivity contribution is 7.25. The van der Waals surface area contributed by atoms with Crippen LogP contribution < -0.4 is 0 Å². The molecule has 6 heteroatoms. The van der Waals surface area contributed by atoms with Crippen molar-refractivity contribution >= 4 is 75.1 Å². The first-order valence-electron chi connectivity index (χ1n) is 19.7. The number of aromatic nitrogens is 5. The standard InChI is InChI=1S/C51H35N5S/c1-3-13-32(14-4-1)49-52-50(54-51(53-49)34-25-28-39-38-18-9-12-22-45(38)57-46(39)31-34)33-23-26-36(27-24-33)55-43-21-11-8-19-41(43)47-44(55)30-29-40-37-17-7-10-20-42(37)56(48(40)47)35-15-5-2-6-16-35/h1-23,25-26,28-31,33,36H,24,27H2. The van der Waals surface area contributed by atoms with Crippen LogP contribution in [0.2, 0.25) is 0 Å². The predicted molar refractivity (Wildman–Crippen MR) is 238 cm³/mol. The third-order valence-electron chi connectivity index (χ3n) is 11.8. The van der Waals surface area contributed by atoms with E-state index in [1.54, 1.807) is 0 Å². The fourth-order valence-electron chi connectivity index (χ4n) is 9.24. The number of nitrogens with zero attached hydrogens (tertiary/aromatic N) is 5. The van der Waals surface area contributed by atoms with Crippen molar-refractivity contribution in [1.29, 1.82) is 0 Å². The Hall–Kier alpha value is -6.89. The van der Waals surface area contributed by atoms with Gasteiger partial charge in [0.15, 0.2) is 11.6 Å². The number of thiophene rings is 1. The second-order valence-corrected chi connectivity index (χ2v) is 16.2. The summed E-state index contributed by atoms with van der Waals surface area (Å²) in [5.74, 6) is 2.32. The van der Waals surface area contributed by atoms with Crippen molar-refractivity contribution in [1.82, 2.24) is 24.1 Å². The third kappa shape index (κ3) is 5.11. The van der Waals surface area contributed by atoms with Gasteiger partial charge in [0.05, 0.1) is 22.6 Å². The molecule has 1 aliphatic rings.